The Bertz CT molecular complexity index is 494. The summed E-state index contributed by atoms with van der Waals surface area (Å²) in [5.41, 5.74) is 0.434. The molecule has 1 fully saturated rings. The second-order valence-corrected chi connectivity index (χ2v) is 5.37. The van der Waals surface area contributed by atoms with Gasteiger partial charge in [0.15, 0.2) is 0 Å². The summed E-state index contributed by atoms with van der Waals surface area (Å²) in [4.78, 5) is 14.0. The number of hydrogen-bond acceptors (Lipinski definition) is 4. The molecule has 0 unspecified atom stereocenters. The molecule has 1 aromatic carbocycles. The average Bonchev–Trinajstić information content (AvgIpc) is 2.45. The lowest BCUT2D eigenvalue weighted by Crippen LogP contribution is -2.47. The SMILES string of the molecule is COc1cc(Cl)cc(C(=O)N2CC[C@H](CO)[C@H](O)C2)c1. The van der Waals surface area contributed by atoms with Gasteiger partial charge in [-0.15, -0.1) is 0 Å². The number of benzene rings is 1. The Hall–Kier alpha value is -1.30. The van der Waals surface area contributed by atoms with E-state index in [9.17, 15) is 9.90 Å². The van der Waals surface area contributed by atoms with Gasteiger partial charge in [-0.2, -0.15) is 0 Å². The Morgan fingerprint density at radius 1 is 1.50 bits per heavy atom. The van der Waals surface area contributed by atoms with E-state index in [2.05, 4.69) is 0 Å². The number of rotatable bonds is 3. The van der Waals surface area contributed by atoms with Gasteiger partial charge in [-0.25, -0.2) is 0 Å². The highest BCUT2D eigenvalue weighted by Crippen LogP contribution is 2.24. The van der Waals surface area contributed by atoms with Crippen molar-refractivity contribution in [3.05, 3.63) is 28.8 Å². The Morgan fingerprint density at radius 2 is 2.25 bits per heavy atom. The first-order valence-electron chi connectivity index (χ1n) is 6.48. The number of likely N-dealkylation sites (tertiary alicyclic amines) is 1. The van der Waals surface area contributed by atoms with Crippen LogP contribution in [0, 0.1) is 5.92 Å². The molecule has 0 spiro atoms. The third-order valence-corrected chi connectivity index (χ3v) is 3.82. The molecule has 2 atom stereocenters. The second-order valence-electron chi connectivity index (χ2n) is 4.93. The molecule has 20 heavy (non-hydrogen) atoms. The summed E-state index contributed by atoms with van der Waals surface area (Å²) in [7, 11) is 1.51. The first-order valence-corrected chi connectivity index (χ1v) is 6.85. The number of carbonyl (C=O) groups excluding carboxylic acids is 1. The highest BCUT2D eigenvalue weighted by molar-refractivity contribution is 6.31. The number of ether oxygens (including phenoxy) is 1. The summed E-state index contributed by atoms with van der Waals surface area (Å²) in [5.74, 6) is 0.167. The highest BCUT2D eigenvalue weighted by atomic mass is 35.5. The number of nitrogens with zero attached hydrogens (tertiary/aromatic N) is 1. The molecule has 5 nitrogen and oxygen atoms in total. The smallest absolute Gasteiger partial charge is 0.254 e. The number of halogens is 1. The van der Waals surface area contributed by atoms with Crippen molar-refractivity contribution in [2.45, 2.75) is 12.5 Å². The van der Waals surface area contributed by atoms with E-state index >= 15 is 0 Å². The van der Waals surface area contributed by atoms with Crippen LogP contribution >= 0.6 is 11.6 Å². The number of aliphatic hydroxyl groups is 2. The summed E-state index contributed by atoms with van der Waals surface area (Å²) in [6, 6.07) is 4.83. The summed E-state index contributed by atoms with van der Waals surface area (Å²) in [6.45, 7) is 0.670. The van der Waals surface area contributed by atoms with Crippen LogP contribution in [0.1, 0.15) is 16.8 Å². The predicted molar refractivity (Wildman–Crippen MR) is 75.1 cm³/mol. The fourth-order valence-corrected chi connectivity index (χ4v) is 2.59. The van der Waals surface area contributed by atoms with Crippen molar-refractivity contribution < 1.29 is 19.7 Å². The lowest BCUT2D eigenvalue weighted by atomic mass is 9.94. The van der Waals surface area contributed by atoms with Gasteiger partial charge in [0.2, 0.25) is 0 Å². The minimum Gasteiger partial charge on any atom is -0.497 e. The first kappa shape index (κ1) is 15.1. The van der Waals surface area contributed by atoms with Crippen LogP contribution in [0.2, 0.25) is 5.02 Å². The molecule has 0 saturated carbocycles. The topological polar surface area (TPSA) is 70.0 Å². The number of methoxy groups -OCH3 is 1. The maximum atomic E-state index is 12.4. The van der Waals surface area contributed by atoms with E-state index in [0.29, 0.717) is 29.3 Å². The van der Waals surface area contributed by atoms with Crippen molar-refractivity contribution in [1.82, 2.24) is 4.90 Å². The van der Waals surface area contributed by atoms with Gasteiger partial charge in [-0.3, -0.25) is 4.79 Å². The Labute approximate surface area is 122 Å². The van der Waals surface area contributed by atoms with Crippen LogP contribution in [-0.4, -0.2) is 53.9 Å². The third-order valence-electron chi connectivity index (χ3n) is 3.60. The zero-order valence-electron chi connectivity index (χ0n) is 11.3. The maximum absolute atomic E-state index is 12.4. The third kappa shape index (κ3) is 3.23. The standard InChI is InChI=1S/C14H18ClNO4/c1-20-12-5-10(4-11(15)6-12)14(19)16-3-2-9(8-17)13(18)7-16/h4-6,9,13,17-18H,2-3,7-8H2,1H3/t9-,13-/m1/s1. The molecule has 0 radical (unpaired) electrons. The molecule has 1 aliphatic heterocycles. The zero-order chi connectivity index (χ0) is 14.7. The molecule has 1 saturated heterocycles. The Balaban J connectivity index is 2.14. The molecule has 0 aliphatic carbocycles. The van der Waals surface area contributed by atoms with Crippen LogP contribution in [0.5, 0.6) is 5.75 Å². The molecular weight excluding hydrogens is 282 g/mol. The first-order chi connectivity index (χ1) is 9.55. The zero-order valence-corrected chi connectivity index (χ0v) is 12.0. The number of aliphatic hydroxyl groups excluding tert-OH is 2. The van der Waals surface area contributed by atoms with Crippen LogP contribution in [-0.2, 0) is 0 Å². The monoisotopic (exact) mass is 299 g/mol. The van der Waals surface area contributed by atoms with Crippen LogP contribution < -0.4 is 4.74 Å². The van der Waals surface area contributed by atoms with E-state index in [4.69, 9.17) is 21.4 Å². The minimum atomic E-state index is -0.696. The fourth-order valence-electron chi connectivity index (χ4n) is 2.36. The van der Waals surface area contributed by atoms with Crippen LogP contribution in [0.25, 0.3) is 0 Å². The molecule has 1 aliphatic rings. The van der Waals surface area contributed by atoms with E-state index < -0.39 is 6.10 Å². The number of amides is 1. The molecule has 2 rings (SSSR count). The molecule has 1 heterocycles. The molecule has 0 aromatic heterocycles. The summed E-state index contributed by atoms with van der Waals surface area (Å²) in [6.07, 6.45) is -0.111. The van der Waals surface area contributed by atoms with Gasteiger partial charge in [0, 0.05) is 36.2 Å². The summed E-state index contributed by atoms with van der Waals surface area (Å²) in [5, 5.41) is 19.4. The predicted octanol–water partition coefficient (Wildman–Crippen LogP) is 1.16. The van der Waals surface area contributed by atoms with E-state index in [0.717, 1.165) is 0 Å². The molecule has 110 valence electrons. The summed E-state index contributed by atoms with van der Waals surface area (Å²) < 4.78 is 5.09. The average molecular weight is 300 g/mol. The van der Waals surface area contributed by atoms with E-state index in [1.807, 2.05) is 0 Å². The van der Waals surface area contributed by atoms with Crippen LogP contribution in [0.3, 0.4) is 0 Å². The largest absolute Gasteiger partial charge is 0.497 e. The molecule has 0 bridgehead atoms. The van der Waals surface area contributed by atoms with Gasteiger partial charge in [0.05, 0.1) is 13.2 Å². The van der Waals surface area contributed by atoms with Crippen LogP contribution in [0.15, 0.2) is 18.2 Å². The normalized spacial score (nSPS) is 22.7. The van der Waals surface area contributed by atoms with E-state index in [1.54, 1.807) is 23.1 Å². The number of hydrogen-bond donors (Lipinski definition) is 2. The molecule has 6 heteroatoms. The lowest BCUT2D eigenvalue weighted by Gasteiger charge is -2.35. The van der Waals surface area contributed by atoms with Gasteiger partial charge in [-0.05, 0) is 24.6 Å². The maximum Gasteiger partial charge on any atom is 0.254 e. The highest BCUT2D eigenvalue weighted by Gasteiger charge is 2.30. The quantitative estimate of drug-likeness (QED) is 0.879. The minimum absolute atomic E-state index is 0.0613. The van der Waals surface area contributed by atoms with E-state index in [1.165, 1.54) is 7.11 Å². The van der Waals surface area contributed by atoms with Crippen molar-refractivity contribution in [2.24, 2.45) is 5.92 Å². The number of carbonyl (C=O) groups is 1. The molecule has 1 aromatic rings. The van der Waals surface area contributed by atoms with Gasteiger partial charge in [-0.1, -0.05) is 11.6 Å². The fraction of sp³-hybridized carbons (Fsp3) is 0.500. The van der Waals surface area contributed by atoms with Gasteiger partial charge < -0.3 is 19.8 Å². The van der Waals surface area contributed by atoms with Crippen molar-refractivity contribution in [3.8, 4) is 5.75 Å². The van der Waals surface area contributed by atoms with Gasteiger partial charge in [0.25, 0.3) is 5.91 Å². The summed E-state index contributed by atoms with van der Waals surface area (Å²) >= 11 is 5.95. The van der Waals surface area contributed by atoms with E-state index in [-0.39, 0.29) is 25.0 Å². The van der Waals surface area contributed by atoms with Gasteiger partial charge in [0.1, 0.15) is 5.75 Å². The lowest BCUT2D eigenvalue weighted by molar-refractivity contribution is 0.000870. The van der Waals surface area contributed by atoms with Crippen molar-refractivity contribution in [1.29, 1.82) is 0 Å². The Kier molecular flexibility index (Phi) is 4.86. The molecule has 1 amide bonds. The number of piperidine rings is 1. The van der Waals surface area contributed by atoms with Crippen molar-refractivity contribution in [2.75, 3.05) is 26.8 Å². The van der Waals surface area contributed by atoms with Crippen molar-refractivity contribution in [3.63, 3.8) is 0 Å². The van der Waals surface area contributed by atoms with Crippen LogP contribution in [0.4, 0.5) is 0 Å². The Morgan fingerprint density at radius 3 is 2.85 bits per heavy atom. The molecular formula is C14H18ClNO4. The second kappa shape index (κ2) is 6.43. The van der Waals surface area contributed by atoms with Gasteiger partial charge >= 0.3 is 0 Å². The molecule has 2 N–H and O–H groups in total. The number of β-amino-alcohol motifs (C(OH)–C–C–N with tert-alkyl or cyclic N) is 1. The van der Waals surface area contributed by atoms with Crippen molar-refractivity contribution >= 4 is 17.5 Å².